The highest BCUT2D eigenvalue weighted by molar-refractivity contribution is 5.93. The van der Waals surface area contributed by atoms with E-state index in [2.05, 4.69) is 10.4 Å². The van der Waals surface area contributed by atoms with Crippen molar-refractivity contribution in [3.8, 4) is 17.2 Å². The average molecular weight is 409 g/mol. The van der Waals surface area contributed by atoms with E-state index in [0.29, 0.717) is 23.6 Å². The first-order chi connectivity index (χ1) is 14.6. The number of methoxy groups -OCH3 is 2. The highest BCUT2D eigenvalue weighted by Gasteiger charge is 2.11. The van der Waals surface area contributed by atoms with Gasteiger partial charge < -0.3 is 19.5 Å². The van der Waals surface area contributed by atoms with Gasteiger partial charge in [0.15, 0.2) is 6.61 Å². The van der Waals surface area contributed by atoms with Crippen molar-refractivity contribution in [3.63, 3.8) is 0 Å². The molecule has 0 bridgehead atoms. The van der Waals surface area contributed by atoms with Crippen molar-refractivity contribution in [2.24, 2.45) is 0 Å². The lowest BCUT2D eigenvalue weighted by molar-refractivity contribution is -0.147. The van der Waals surface area contributed by atoms with Crippen LogP contribution in [0, 0.1) is 0 Å². The van der Waals surface area contributed by atoms with Crippen molar-refractivity contribution in [2.75, 3.05) is 26.1 Å². The van der Waals surface area contributed by atoms with Gasteiger partial charge in [0.2, 0.25) is 0 Å². The fourth-order valence-electron chi connectivity index (χ4n) is 2.75. The standard InChI is InChI=1S/C22H23N3O5/c1-28-19-10-17(11-20(12-19)29-2)24-21(26)15-30-22(27)9-8-16-13-23-25(14-16)18-6-4-3-5-7-18/h3-7,10-14H,8-9,15H2,1-2H3,(H,24,26). The first kappa shape index (κ1) is 20.9. The smallest absolute Gasteiger partial charge is 0.306 e. The van der Waals surface area contributed by atoms with E-state index < -0.39 is 11.9 Å². The molecule has 8 heteroatoms. The second kappa shape index (κ2) is 10.1. The Kier molecular flexibility index (Phi) is 7.05. The van der Waals surface area contributed by atoms with Gasteiger partial charge >= 0.3 is 5.97 Å². The normalized spacial score (nSPS) is 10.3. The van der Waals surface area contributed by atoms with Crippen LogP contribution in [-0.4, -0.2) is 42.5 Å². The Balaban J connectivity index is 1.45. The molecule has 0 atom stereocenters. The molecule has 0 unspecified atom stereocenters. The molecule has 0 saturated heterocycles. The number of hydrogen-bond acceptors (Lipinski definition) is 6. The van der Waals surface area contributed by atoms with Gasteiger partial charge in [-0.2, -0.15) is 5.10 Å². The van der Waals surface area contributed by atoms with Crippen LogP contribution in [0.1, 0.15) is 12.0 Å². The second-order valence-corrected chi connectivity index (χ2v) is 6.44. The van der Waals surface area contributed by atoms with Crippen LogP contribution in [0.5, 0.6) is 11.5 Å². The predicted octanol–water partition coefficient (Wildman–Crippen LogP) is 3.00. The van der Waals surface area contributed by atoms with Gasteiger partial charge in [-0.05, 0) is 24.1 Å². The molecule has 0 fully saturated rings. The maximum Gasteiger partial charge on any atom is 0.306 e. The van der Waals surface area contributed by atoms with Gasteiger partial charge in [0.05, 0.1) is 26.1 Å². The Morgan fingerprint density at radius 3 is 2.40 bits per heavy atom. The van der Waals surface area contributed by atoms with E-state index in [-0.39, 0.29) is 13.0 Å². The third-order valence-electron chi connectivity index (χ3n) is 4.27. The summed E-state index contributed by atoms with van der Waals surface area (Å²) >= 11 is 0. The third kappa shape index (κ3) is 5.84. The van der Waals surface area contributed by atoms with Gasteiger partial charge in [-0.15, -0.1) is 0 Å². The minimum Gasteiger partial charge on any atom is -0.497 e. The van der Waals surface area contributed by atoms with Crippen molar-refractivity contribution in [3.05, 3.63) is 66.5 Å². The molecule has 0 aliphatic rings. The van der Waals surface area contributed by atoms with Crippen LogP contribution < -0.4 is 14.8 Å². The minimum atomic E-state index is -0.458. The number of nitrogens with one attached hydrogen (secondary N) is 1. The summed E-state index contributed by atoms with van der Waals surface area (Å²) in [5.74, 6) is 0.173. The van der Waals surface area contributed by atoms with E-state index in [1.54, 1.807) is 29.1 Å². The molecule has 0 radical (unpaired) electrons. The Bertz CT molecular complexity index is 979. The zero-order valence-corrected chi connectivity index (χ0v) is 16.8. The molecule has 0 saturated carbocycles. The molecule has 30 heavy (non-hydrogen) atoms. The molecule has 3 aromatic rings. The summed E-state index contributed by atoms with van der Waals surface area (Å²) in [6.45, 7) is -0.373. The quantitative estimate of drug-likeness (QED) is 0.546. The molecular weight excluding hydrogens is 386 g/mol. The number of ether oxygens (including phenoxy) is 3. The maximum atomic E-state index is 12.1. The number of amides is 1. The topological polar surface area (TPSA) is 91.7 Å². The Hall–Kier alpha value is -3.81. The van der Waals surface area contributed by atoms with Crippen LogP contribution in [0.2, 0.25) is 0 Å². The molecule has 3 rings (SSSR count). The number of carbonyl (C=O) groups is 2. The Morgan fingerprint density at radius 2 is 1.73 bits per heavy atom. The van der Waals surface area contributed by atoms with E-state index in [1.807, 2.05) is 36.5 Å². The number of rotatable bonds is 9. The highest BCUT2D eigenvalue weighted by Crippen LogP contribution is 2.25. The summed E-state index contributed by atoms with van der Waals surface area (Å²) in [6, 6.07) is 14.7. The number of anilines is 1. The van der Waals surface area contributed by atoms with Crippen molar-refractivity contribution in [1.29, 1.82) is 0 Å². The molecule has 0 aliphatic heterocycles. The van der Waals surface area contributed by atoms with E-state index in [4.69, 9.17) is 14.2 Å². The number of carbonyl (C=O) groups excluding carboxylic acids is 2. The second-order valence-electron chi connectivity index (χ2n) is 6.44. The molecule has 8 nitrogen and oxygen atoms in total. The number of aromatic nitrogens is 2. The molecule has 1 heterocycles. The van der Waals surface area contributed by atoms with Crippen LogP contribution in [0.25, 0.3) is 5.69 Å². The van der Waals surface area contributed by atoms with Crippen LogP contribution >= 0.6 is 0 Å². The molecule has 1 aromatic heterocycles. The van der Waals surface area contributed by atoms with E-state index >= 15 is 0 Å². The maximum absolute atomic E-state index is 12.1. The third-order valence-corrected chi connectivity index (χ3v) is 4.27. The van der Waals surface area contributed by atoms with E-state index in [1.165, 1.54) is 14.2 Å². The molecular formula is C22H23N3O5. The van der Waals surface area contributed by atoms with E-state index in [9.17, 15) is 9.59 Å². The number of nitrogens with zero attached hydrogens (tertiary/aromatic N) is 2. The van der Waals surface area contributed by atoms with Crippen LogP contribution in [0.15, 0.2) is 60.9 Å². The van der Waals surface area contributed by atoms with Gasteiger partial charge in [0.25, 0.3) is 5.91 Å². The van der Waals surface area contributed by atoms with Crippen LogP contribution in [0.3, 0.4) is 0 Å². The average Bonchev–Trinajstić information content (AvgIpc) is 3.25. The van der Waals surface area contributed by atoms with Crippen molar-refractivity contribution in [1.82, 2.24) is 9.78 Å². The molecule has 0 aliphatic carbocycles. The van der Waals surface area contributed by atoms with Crippen LogP contribution in [-0.2, 0) is 20.7 Å². The Labute approximate surface area is 174 Å². The molecule has 0 spiro atoms. The predicted molar refractivity (Wildman–Crippen MR) is 111 cm³/mol. The lowest BCUT2D eigenvalue weighted by atomic mass is 10.2. The number of aryl methyl sites for hydroxylation is 1. The molecule has 1 amide bonds. The number of para-hydroxylation sites is 1. The summed E-state index contributed by atoms with van der Waals surface area (Å²) in [4.78, 5) is 24.0. The number of benzene rings is 2. The van der Waals surface area contributed by atoms with Gasteiger partial charge in [-0.25, -0.2) is 4.68 Å². The molecule has 156 valence electrons. The number of esters is 1. The van der Waals surface area contributed by atoms with Gasteiger partial charge in [-0.3, -0.25) is 9.59 Å². The van der Waals surface area contributed by atoms with Gasteiger partial charge in [0.1, 0.15) is 11.5 Å². The summed E-state index contributed by atoms with van der Waals surface area (Å²) in [5, 5.41) is 6.95. The fraction of sp³-hybridized carbons (Fsp3) is 0.227. The van der Waals surface area contributed by atoms with Gasteiger partial charge in [0, 0.05) is 36.5 Å². The summed E-state index contributed by atoms with van der Waals surface area (Å²) in [6.07, 6.45) is 4.20. The molecule has 2 aromatic carbocycles. The first-order valence-corrected chi connectivity index (χ1v) is 9.35. The van der Waals surface area contributed by atoms with E-state index in [0.717, 1.165) is 11.3 Å². The van der Waals surface area contributed by atoms with Crippen LogP contribution in [0.4, 0.5) is 5.69 Å². The fourth-order valence-corrected chi connectivity index (χ4v) is 2.75. The first-order valence-electron chi connectivity index (χ1n) is 9.35. The van der Waals surface area contributed by atoms with Crippen molar-refractivity contribution < 1.29 is 23.8 Å². The SMILES string of the molecule is COc1cc(NC(=O)COC(=O)CCc2cnn(-c3ccccc3)c2)cc(OC)c1. The lowest BCUT2D eigenvalue weighted by Crippen LogP contribution is -2.21. The van der Waals surface area contributed by atoms with Gasteiger partial charge in [-0.1, -0.05) is 18.2 Å². The summed E-state index contributed by atoms with van der Waals surface area (Å²) in [5.41, 5.74) is 2.33. The Morgan fingerprint density at radius 1 is 1.03 bits per heavy atom. The highest BCUT2D eigenvalue weighted by atomic mass is 16.5. The zero-order valence-electron chi connectivity index (χ0n) is 16.8. The monoisotopic (exact) mass is 409 g/mol. The summed E-state index contributed by atoms with van der Waals surface area (Å²) < 4.78 is 17.1. The lowest BCUT2D eigenvalue weighted by Gasteiger charge is -2.10. The largest absolute Gasteiger partial charge is 0.497 e. The summed E-state index contributed by atoms with van der Waals surface area (Å²) in [7, 11) is 3.04. The minimum absolute atomic E-state index is 0.154. The zero-order chi connectivity index (χ0) is 21.3. The van der Waals surface area contributed by atoms with Crippen molar-refractivity contribution >= 4 is 17.6 Å². The molecule has 1 N–H and O–H groups in total. The number of hydrogen-bond donors (Lipinski definition) is 1. The van der Waals surface area contributed by atoms with Crippen molar-refractivity contribution in [2.45, 2.75) is 12.8 Å².